The van der Waals surface area contributed by atoms with E-state index in [4.69, 9.17) is 18.6 Å². The average molecular weight is 378 g/mol. The molecule has 1 aromatic heterocycles. The molecular formula is C21H18N2O5. The molecule has 0 fully saturated rings. The summed E-state index contributed by atoms with van der Waals surface area (Å²) in [5.41, 5.74) is 2.70. The number of aromatic nitrogens is 1. The van der Waals surface area contributed by atoms with Crippen LogP contribution in [-0.4, -0.2) is 17.7 Å². The molecule has 0 saturated heterocycles. The molecule has 0 bridgehead atoms. The molecule has 0 spiro atoms. The number of amides is 1. The minimum absolute atomic E-state index is 0.00809. The van der Waals surface area contributed by atoms with Gasteiger partial charge >= 0.3 is 0 Å². The van der Waals surface area contributed by atoms with Crippen molar-refractivity contribution in [3.8, 4) is 17.2 Å². The van der Waals surface area contributed by atoms with Crippen molar-refractivity contribution in [3.05, 3.63) is 71.4 Å². The van der Waals surface area contributed by atoms with E-state index >= 15 is 0 Å². The fourth-order valence-electron chi connectivity index (χ4n) is 3.53. The van der Waals surface area contributed by atoms with Crippen LogP contribution in [0.4, 0.5) is 0 Å². The van der Waals surface area contributed by atoms with Gasteiger partial charge < -0.3 is 23.9 Å². The molecule has 1 amide bonds. The maximum atomic E-state index is 12.5. The Balaban J connectivity index is 1.21. The number of benzene rings is 2. The first-order valence-electron chi connectivity index (χ1n) is 9.12. The Morgan fingerprint density at radius 3 is 3.04 bits per heavy atom. The lowest BCUT2D eigenvalue weighted by Crippen LogP contribution is -2.27. The molecule has 7 nitrogen and oxygen atoms in total. The van der Waals surface area contributed by atoms with Crippen LogP contribution in [0.15, 0.2) is 53.1 Å². The third kappa shape index (κ3) is 3.15. The summed E-state index contributed by atoms with van der Waals surface area (Å²) >= 11 is 0. The molecule has 1 N–H and O–H groups in total. The van der Waals surface area contributed by atoms with Crippen molar-refractivity contribution < 1.29 is 23.4 Å². The quantitative estimate of drug-likeness (QED) is 0.733. The number of hydrogen-bond acceptors (Lipinski definition) is 6. The fraction of sp³-hybridized carbons (Fsp3) is 0.238. The SMILES string of the molecule is O=C(NC1CCc2ccccc21)c1coc(COc2ccc3c(c2)OCO3)n1. The molecule has 28 heavy (non-hydrogen) atoms. The number of carbonyl (C=O) groups excluding carboxylic acids is 1. The predicted octanol–water partition coefficient (Wildman–Crippen LogP) is 3.40. The van der Waals surface area contributed by atoms with E-state index in [1.165, 1.54) is 17.4 Å². The molecule has 3 aromatic rings. The van der Waals surface area contributed by atoms with Crippen molar-refractivity contribution >= 4 is 5.91 Å². The number of aryl methyl sites for hydroxylation is 1. The maximum absolute atomic E-state index is 12.5. The molecule has 2 aliphatic rings. The summed E-state index contributed by atoms with van der Waals surface area (Å²) in [7, 11) is 0. The van der Waals surface area contributed by atoms with Crippen LogP contribution in [0.2, 0.25) is 0 Å². The predicted molar refractivity (Wildman–Crippen MR) is 98.4 cm³/mol. The molecule has 0 saturated carbocycles. The van der Waals surface area contributed by atoms with E-state index in [-0.39, 0.29) is 31.0 Å². The number of rotatable bonds is 5. The first-order valence-corrected chi connectivity index (χ1v) is 9.12. The summed E-state index contributed by atoms with van der Waals surface area (Å²) in [5.74, 6) is 2.02. The zero-order valence-corrected chi connectivity index (χ0v) is 15.0. The normalized spacial score (nSPS) is 16.6. The summed E-state index contributed by atoms with van der Waals surface area (Å²) in [6.45, 7) is 0.321. The topological polar surface area (TPSA) is 82.8 Å². The van der Waals surface area contributed by atoms with Crippen molar-refractivity contribution in [3.63, 3.8) is 0 Å². The Kier molecular flexibility index (Phi) is 4.12. The van der Waals surface area contributed by atoms with Crippen LogP contribution in [0.25, 0.3) is 0 Å². The first-order chi connectivity index (χ1) is 13.8. The number of nitrogens with zero attached hydrogens (tertiary/aromatic N) is 1. The summed E-state index contributed by atoms with van der Waals surface area (Å²) in [6, 6.07) is 13.5. The number of nitrogens with one attached hydrogen (secondary N) is 1. The van der Waals surface area contributed by atoms with Crippen LogP contribution in [0.3, 0.4) is 0 Å². The van der Waals surface area contributed by atoms with Gasteiger partial charge in [-0.25, -0.2) is 4.98 Å². The Morgan fingerprint density at radius 1 is 1.18 bits per heavy atom. The van der Waals surface area contributed by atoms with Gasteiger partial charge in [-0.2, -0.15) is 0 Å². The lowest BCUT2D eigenvalue weighted by molar-refractivity contribution is 0.0931. The van der Waals surface area contributed by atoms with Gasteiger partial charge in [-0.1, -0.05) is 24.3 Å². The third-order valence-corrected chi connectivity index (χ3v) is 4.93. The largest absolute Gasteiger partial charge is 0.484 e. The van der Waals surface area contributed by atoms with E-state index in [1.807, 2.05) is 12.1 Å². The Hall–Kier alpha value is -3.48. The van der Waals surface area contributed by atoms with Gasteiger partial charge in [-0.15, -0.1) is 0 Å². The lowest BCUT2D eigenvalue weighted by Gasteiger charge is -2.12. The molecule has 2 aromatic carbocycles. The number of hydrogen-bond donors (Lipinski definition) is 1. The zero-order valence-electron chi connectivity index (χ0n) is 15.0. The molecular weight excluding hydrogens is 360 g/mol. The van der Waals surface area contributed by atoms with Crippen molar-refractivity contribution in [1.29, 1.82) is 0 Å². The van der Waals surface area contributed by atoms with Gasteiger partial charge in [0.1, 0.15) is 12.0 Å². The zero-order chi connectivity index (χ0) is 18.9. The molecule has 7 heteroatoms. The second-order valence-electron chi connectivity index (χ2n) is 6.69. The summed E-state index contributed by atoms with van der Waals surface area (Å²) in [4.78, 5) is 16.8. The number of fused-ring (bicyclic) bond motifs is 2. The summed E-state index contributed by atoms with van der Waals surface area (Å²) < 4.78 is 21.6. The summed E-state index contributed by atoms with van der Waals surface area (Å²) in [5, 5.41) is 3.03. The van der Waals surface area contributed by atoms with E-state index < -0.39 is 0 Å². The Labute approximate surface area is 161 Å². The average Bonchev–Trinajstić information content (AvgIpc) is 3.46. The van der Waals surface area contributed by atoms with E-state index in [0.717, 1.165) is 12.8 Å². The van der Waals surface area contributed by atoms with E-state index in [0.29, 0.717) is 23.1 Å². The van der Waals surface area contributed by atoms with Gasteiger partial charge in [-0.05, 0) is 36.1 Å². The van der Waals surface area contributed by atoms with Gasteiger partial charge in [0.25, 0.3) is 5.91 Å². The molecule has 0 radical (unpaired) electrons. The second-order valence-corrected chi connectivity index (χ2v) is 6.69. The van der Waals surface area contributed by atoms with Crippen LogP contribution in [0, 0.1) is 0 Å². The Morgan fingerprint density at radius 2 is 2.07 bits per heavy atom. The van der Waals surface area contributed by atoms with Gasteiger partial charge in [0.05, 0.1) is 6.04 Å². The number of ether oxygens (including phenoxy) is 3. The molecule has 1 aliphatic carbocycles. The first kappa shape index (κ1) is 16.7. The molecule has 5 rings (SSSR count). The standard InChI is InChI=1S/C21H18N2O5/c24-21(23-16-7-5-13-3-1-2-4-15(13)16)17-10-26-20(22-17)11-25-14-6-8-18-19(9-14)28-12-27-18/h1-4,6,8-10,16H,5,7,11-12H2,(H,23,24). The third-order valence-electron chi connectivity index (χ3n) is 4.93. The van der Waals surface area contributed by atoms with Crippen LogP contribution in [-0.2, 0) is 13.0 Å². The molecule has 1 aliphatic heterocycles. The van der Waals surface area contributed by atoms with E-state index in [1.54, 1.807) is 18.2 Å². The molecule has 1 unspecified atom stereocenters. The minimum Gasteiger partial charge on any atom is -0.484 e. The lowest BCUT2D eigenvalue weighted by atomic mass is 10.1. The molecule has 142 valence electrons. The highest BCUT2D eigenvalue weighted by Gasteiger charge is 2.25. The number of carbonyl (C=O) groups is 1. The van der Waals surface area contributed by atoms with Crippen LogP contribution < -0.4 is 19.5 Å². The van der Waals surface area contributed by atoms with Crippen LogP contribution >= 0.6 is 0 Å². The van der Waals surface area contributed by atoms with Gasteiger partial charge in [0, 0.05) is 6.07 Å². The van der Waals surface area contributed by atoms with Crippen molar-refractivity contribution in [2.75, 3.05) is 6.79 Å². The number of oxazole rings is 1. The van der Waals surface area contributed by atoms with Crippen molar-refractivity contribution in [1.82, 2.24) is 10.3 Å². The van der Waals surface area contributed by atoms with Crippen molar-refractivity contribution in [2.45, 2.75) is 25.5 Å². The smallest absolute Gasteiger partial charge is 0.273 e. The van der Waals surface area contributed by atoms with Gasteiger partial charge in [0.15, 0.2) is 23.8 Å². The van der Waals surface area contributed by atoms with Crippen molar-refractivity contribution in [2.24, 2.45) is 0 Å². The Bertz CT molecular complexity index is 1030. The highest BCUT2D eigenvalue weighted by Crippen LogP contribution is 2.35. The summed E-state index contributed by atoms with van der Waals surface area (Å²) in [6.07, 6.45) is 3.21. The second kappa shape index (κ2) is 6.92. The van der Waals surface area contributed by atoms with Crippen LogP contribution in [0.1, 0.15) is 40.0 Å². The monoisotopic (exact) mass is 378 g/mol. The van der Waals surface area contributed by atoms with Gasteiger partial charge in [0.2, 0.25) is 12.7 Å². The molecule has 1 atom stereocenters. The minimum atomic E-state index is -0.250. The maximum Gasteiger partial charge on any atom is 0.273 e. The van der Waals surface area contributed by atoms with E-state index in [2.05, 4.69) is 22.4 Å². The highest BCUT2D eigenvalue weighted by atomic mass is 16.7. The van der Waals surface area contributed by atoms with Crippen LogP contribution in [0.5, 0.6) is 17.2 Å². The highest BCUT2D eigenvalue weighted by molar-refractivity contribution is 5.92. The van der Waals surface area contributed by atoms with Gasteiger partial charge in [-0.3, -0.25) is 4.79 Å². The molecule has 2 heterocycles. The van der Waals surface area contributed by atoms with E-state index in [9.17, 15) is 4.79 Å². The fourth-order valence-corrected chi connectivity index (χ4v) is 3.53.